The van der Waals surface area contributed by atoms with Gasteiger partial charge in [-0.1, -0.05) is 30.3 Å². The second kappa shape index (κ2) is 5.50. The first-order chi connectivity index (χ1) is 11.4. The van der Waals surface area contributed by atoms with Gasteiger partial charge < -0.3 is 0 Å². The number of imidazole rings is 1. The van der Waals surface area contributed by atoms with Crippen molar-refractivity contribution in [3.63, 3.8) is 0 Å². The fraction of sp³-hybridized carbons (Fsp3) is 0. The molecule has 4 heteroatoms. The topological polar surface area (TPSA) is 47.8 Å². The minimum atomic E-state index is 0.618. The Hall–Kier alpha value is -3.27. The second-order valence-electron chi connectivity index (χ2n) is 5.21. The van der Waals surface area contributed by atoms with Gasteiger partial charge in [-0.15, -0.1) is 0 Å². The maximum atomic E-state index is 11.0. The molecule has 0 atom stereocenters. The van der Waals surface area contributed by atoms with E-state index in [4.69, 9.17) is 4.98 Å². The Labute approximate surface area is 133 Å². The summed E-state index contributed by atoms with van der Waals surface area (Å²) in [5.74, 6) is 0.830. The van der Waals surface area contributed by atoms with Crippen molar-refractivity contribution in [2.24, 2.45) is 0 Å². The number of nitrogens with zero attached hydrogens (tertiary/aromatic N) is 3. The van der Waals surface area contributed by atoms with Crippen LogP contribution in [0.1, 0.15) is 10.4 Å². The summed E-state index contributed by atoms with van der Waals surface area (Å²) in [5, 5.41) is 0. The molecule has 0 amide bonds. The van der Waals surface area contributed by atoms with E-state index in [-0.39, 0.29) is 0 Å². The van der Waals surface area contributed by atoms with Crippen LogP contribution in [0.5, 0.6) is 0 Å². The molecule has 0 N–H and O–H groups in total. The van der Waals surface area contributed by atoms with E-state index in [1.165, 1.54) is 0 Å². The van der Waals surface area contributed by atoms with E-state index in [1.54, 1.807) is 18.5 Å². The Morgan fingerprint density at radius 1 is 0.957 bits per heavy atom. The van der Waals surface area contributed by atoms with Crippen molar-refractivity contribution < 1.29 is 4.79 Å². The van der Waals surface area contributed by atoms with Crippen LogP contribution in [0.25, 0.3) is 28.1 Å². The zero-order valence-electron chi connectivity index (χ0n) is 12.3. The monoisotopic (exact) mass is 299 g/mol. The lowest BCUT2D eigenvalue weighted by atomic mass is 10.2. The summed E-state index contributed by atoms with van der Waals surface area (Å²) < 4.78 is 2.06. The molecule has 0 aliphatic carbocycles. The Bertz CT molecular complexity index is 976. The van der Waals surface area contributed by atoms with Gasteiger partial charge in [-0.25, -0.2) is 4.98 Å². The number of fused-ring (bicyclic) bond motifs is 1. The van der Waals surface area contributed by atoms with E-state index < -0.39 is 0 Å². The first-order valence-corrected chi connectivity index (χ1v) is 7.30. The Morgan fingerprint density at radius 3 is 2.57 bits per heavy atom. The molecule has 2 heterocycles. The quantitative estimate of drug-likeness (QED) is 0.539. The summed E-state index contributed by atoms with van der Waals surface area (Å²) in [5.41, 5.74) is 4.31. The zero-order valence-corrected chi connectivity index (χ0v) is 12.3. The Morgan fingerprint density at radius 2 is 1.83 bits per heavy atom. The lowest BCUT2D eigenvalue weighted by Crippen LogP contribution is -1.97. The molecule has 0 aliphatic rings. The van der Waals surface area contributed by atoms with Gasteiger partial charge in [-0.3, -0.25) is 14.3 Å². The lowest BCUT2D eigenvalue weighted by Gasteiger charge is -2.08. The van der Waals surface area contributed by atoms with Gasteiger partial charge in [0.05, 0.1) is 22.9 Å². The first kappa shape index (κ1) is 13.4. The van der Waals surface area contributed by atoms with E-state index in [2.05, 4.69) is 9.55 Å². The SMILES string of the molecule is O=Cc1ccc2c(c1)nc(-c1ccccc1)n2-c1cccnc1. The average molecular weight is 299 g/mol. The maximum absolute atomic E-state index is 11.0. The van der Waals surface area contributed by atoms with Gasteiger partial charge >= 0.3 is 0 Å². The average Bonchev–Trinajstić information content (AvgIpc) is 3.01. The third kappa shape index (κ3) is 2.30. The van der Waals surface area contributed by atoms with Crippen molar-refractivity contribution in [1.82, 2.24) is 14.5 Å². The molecule has 0 radical (unpaired) electrons. The fourth-order valence-electron chi connectivity index (χ4n) is 2.70. The minimum Gasteiger partial charge on any atom is -0.298 e. The van der Waals surface area contributed by atoms with Crippen molar-refractivity contribution in [3.8, 4) is 17.1 Å². The summed E-state index contributed by atoms with van der Waals surface area (Å²) in [4.78, 5) is 20.0. The molecule has 2 aromatic carbocycles. The van der Waals surface area contributed by atoms with Gasteiger partial charge in [-0.2, -0.15) is 0 Å². The standard InChI is InChI=1S/C19H13N3O/c23-13-14-8-9-18-17(11-14)21-19(15-5-2-1-3-6-15)22(18)16-7-4-10-20-12-16/h1-13H. The first-order valence-electron chi connectivity index (χ1n) is 7.30. The third-order valence-corrected chi connectivity index (χ3v) is 3.75. The van der Waals surface area contributed by atoms with E-state index >= 15 is 0 Å². The maximum Gasteiger partial charge on any atom is 0.150 e. The van der Waals surface area contributed by atoms with Crippen LogP contribution in [0.15, 0.2) is 73.1 Å². The van der Waals surface area contributed by atoms with E-state index in [0.717, 1.165) is 34.4 Å². The zero-order chi connectivity index (χ0) is 15.6. The van der Waals surface area contributed by atoms with Crippen molar-refractivity contribution in [2.75, 3.05) is 0 Å². The molecule has 0 saturated carbocycles. The third-order valence-electron chi connectivity index (χ3n) is 3.75. The molecule has 4 rings (SSSR count). The van der Waals surface area contributed by atoms with Crippen molar-refractivity contribution in [3.05, 3.63) is 78.6 Å². The van der Waals surface area contributed by atoms with Crippen LogP contribution >= 0.6 is 0 Å². The van der Waals surface area contributed by atoms with Gasteiger partial charge in [0.2, 0.25) is 0 Å². The molecule has 0 unspecified atom stereocenters. The van der Waals surface area contributed by atoms with Gasteiger partial charge in [0.1, 0.15) is 12.1 Å². The van der Waals surface area contributed by atoms with Crippen LogP contribution < -0.4 is 0 Å². The highest BCUT2D eigenvalue weighted by molar-refractivity contribution is 5.88. The van der Waals surface area contributed by atoms with Crippen LogP contribution in [-0.4, -0.2) is 20.8 Å². The van der Waals surface area contributed by atoms with Crippen LogP contribution in [0.4, 0.5) is 0 Å². The van der Waals surface area contributed by atoms with Crippen molar-refractivity contribution in [2.45, 2.75) is 0 Å². The van der Waals surface area contributed by atoms with E-state index in [0.29, 0.717) is 5.56 Å². The second-order valence-corrected chi connectivity index (χ2v) is 5.21. The van der Waals surface area contributed by atoms with Crippen LogP contribution in [-0.2, 0) is 0 Å². The summed E-state index contributed by atoms with van der Waals surface area (Å²) in [6.45, 7) is 0. The highest BCUT2D eigenvalue weighted by Gasteiger charge is 2.14. The summed E-state index contributed by atoms with van der Waals surface area (Å²) >= 11 is 0. The molecule has 4 aromatic rings. The van der Waals surface area contributed by atoms with Gasteiger partial charge in [0.25, 0.3) is 0 Å². The molecule has 0 bridgehead atoms. The number of carbonyl (C=O) groups is 1. The molecular formula is C19H13N3O. The van der Waals surface area contributed by atoms with Gasteiger partial charge in [-0.05, 0) is 30.3 Å². The molecule has 110 valence electrons. The molecule has 0 fully saturated rings. The molecular weight excluding hydrogens is 286 g/mol. The summed E-state index contributed by atoms with van der Waals surface area (Å²) in [7, 11) is 0. The van der Waals surface area contributed by atoms with Gasteiger partial charge in [0.15, 0.2) is 0 Å². The van der Waals surface area contributed by atoms with Crippen molar-refractivity contribution >= 4 is 17.3 Å². The highest BCUT2D eigenvalue weighted by Crippen LogP contribution is 2.28. The summed E-state index contributed by atoms with van der Waals surface area (Å²) in [6.07, 6.45) is 4.39. The number of pyridine rings is 1. The molecule has 0 spiro atoms. The largest absolute Gasteiger partial charge is 0.298 e. The molecule has 0 aliphatic heterocycles. The number of hydrogen-bond donors (Lipinski definition) is 0. The fourth-order valence-corrected chi connectivity index (χ4v) is 2.70. The molecule has 23 heavy (non-hydrogen) atoms. The number of aromatic nitrogens is 3. The molecule has 2 aromatic heterocycles. The van der Waals surface area contributed by atoms with Gasteiger partial charge in [0, 0.05) is 17.3 Å². The predicted molar refractivity (Wildman–Crippen MR) is 89.7 cm³/mol. The van der Waals surface area contributed by atoms with E-state index in [1.807, 2.05) is 54.6 Å². The summed E-state index contributed by atoms with van der Waals surface area (Å²) in [6, 6.07) is 19.4. The minimum absolute atomic E-state index is 0.618. The predicted octanol–water partition coefficient (Wildman–Crippen LogP) is 3.90. The van der Waals surface area contributed by atoms with Crippen LogP contribution in [0.2, 0.25) is 0 Å². The Balaban J connectivity index is 2.06. The molecule has 4 nitrogen and oxygen atoms in total. The van der Waals surface area contributed by atoms with Crippen LogP contribution in [0, 0.1) is 0 Å². The number of hydrogen-bond acceptors (Lipinski definition) is 3. The van der Waals surface area contributed by atoms with E-state index in [9.17, 15) is 4.79 Å². The Kier molecular flexibility index (Phi) is 3.20. The normalized spacial score (nSPS) is 10.8. The lowest BCUT2D eigenvalue weighted by molar-refractivity contribution is 0.112. The highest BCUT2D eigenvalue weighted by atomic mass is 16.1. The number of aldehydes is 1. The number of rotatable bonds is 3. The smallest absolute Gasteiger partial charge is 0.150 e. The number of carbonyl (C=O) groups excluding carboxylic acids is 1. The molecule has 0 saturated heterocycles. The van der Waals surface area contributed by atoms with Crippen molar-refractivity contribution in [1.29, 1.82) is 0 Å². The van der Waals surface area contributed by atoms with Crippen LogP contribution in [0.3, 0.4) is 0 Å². The number of benzene rings is 2.